The van der Waals surface area contributed by atoms with Gasteiger partial charge in [-0.15, -0.1) is 13.2 Å². The molecular weight excluding hydrogens is 371 g/mol. The Balaban J connectivity index is 1.45. The summed E-state index contributed by atoms with van der Waals surface area (Å²) in [5, 5.41) is 0. The fourth-order valence-electron chi connectivity index (χ4n) is 3.68. The third kappa shape index (κ3) is 4.69. The van der Waals surface area contributed by atoms with Gasteiger partial charge in [-0.05, 0) is 37.0 Å². The Morgan fingerprint density at radius 1 is 1.12 bits per heavy atom. The van der Waals surface area contributed by atoms with E-state index in [0.717, 1.165) is 5.56 Å². The van der Waals surface area contributed by atoms with Crippen molar-refractivity contribution in [2.24, 2.45) is 5.41 Å². The lowest BCUT2D eigenvalue weighted by atomic mass is 9.81. The molecular formula is C17H20F3NO4S. The van der Waals surface area contributed by atoms with Gasteiger partial charge in [0, 0.05) is 24.9 Å². The number of hydrogen-bond donors (Lipinski definition) is 0. The average molecular weight is 391 g/mol. The van der Waals surface area contributed by atoms with Crippen molar-refractivity contribution in [1.29, 1.82) is 0 Å². The highest BCUT2D eigenvalue weighted by molar-refractivity contribution is 7.92. The Kier molecular flexibility index (Phi) is 4.94. The summed E-state index contributed by atoms with van der Waals surface area (Å²) < 4.78 is 62.9. The molecule has 0 saturated carbocycles. The number of nitrogens with zero attached hydrogens (tertiary/aromatic N) is 1. The van der Waals surface area contributed by atoms with Crippen LogP contribution in [0.25, 0.3) is 0 Å². The molecule has 1 aromatic carbocycles. The molecule has 26 heavy (non-hydrogen) atoms. The lowest BCUT2D eigenvalue weighted by Crippen LogP contribution is -2.55. The predicted octanol–water partition coefficient (Wildman–Crippen LogP) is 2.56. The van der Waals surface area contributed by atoms with Crippen LogP contribution in [-0.4, -0.2) is 50.2 Å². The van der Waals surface area contributed by atoms with Crippen LogP contribution in [-0.2, 0) is 21.1 Å². The van der Waals surface area contributed by atoms with E-state index in [0.29, 0.717) is 32.4 Å². The van der Waals surface area contributed by atoms with Crippen molar-refractivity contribution >= 4 is 15.7 Å². The Hall–Kier alpha value is -1.77. The summed E-state index contributed by atoms with van der Waals surface area (Å²) in [6, 6.07) is 5.49. The quantitative estimate of drug-likeness (QED) is 0.791. The molecule has 2 aliphatic rings. The number of likely N-dealkylation sites (tertiary alicyclic amines) is 1. The molecule has 2 aliphatic heterocycles. The molecule has 0 aromatic heterocycles. The van der Waals surface area contributed by atoms with E-state index in [1.165, 1.54) is 24.3 Å². The topological polar surface area (TPSA) is 63.7 Å². The molecule has 1 amide bonds. The lowest BCUT2D eigenvalue weighted by Gasteiger charge is -2.47. The highest BCUT2D eigenvalue weighted by Crippen LogP contribution is 2.42. The molecule has 144 valence electrons. The van der Waals surface area contributed by atoms with Gasteiger partial charge in [0.25, 0.3) is 0 Å². The zero-order chi connectivity index (χ0) is 19.0. The Bertz CT molecular complexity index is 752. The minimum Gasteiger partial charge on any atom is -0.406 e. The molecule has 0 unspecified atom stereocenters. The molecule has 0 atom stereocenters. The second-order valence-electron chi connectivity index (χ2n) is 7.10. The van der Waals surface area contributed by atoms with Crippen molar-refractivity contribution in [3.05, 3.63) is 29.8 Å². The zero-order valence-electron chi connectivity index (χ0n) is 14.1. The Morgan fingerprint density at radius 2 is 1.69 bits per heavy atom. The maximum atomic E-state index is 12.3. The number of carbonyl (C=O) groups is 1. The molecule has 0 bridgehead atoms. The molecule has 5 nitrogen and oxygen atoms in total. The van der Waals surface area contributed by atoms with E-state index in [1.54, 1.807) is 4.90 Å². The Labute approximate surface area is 150 Å². The van der Waals surface area contributed by atoms with Gasteiger partial charge < -0.3 is 9.64 Å². The molecule has 9 heteroatoms. The van der Waals surface area contributed by atoms with Gasteiger partial charge in [-0.1, -0.05) is 12.1 Å². The summed E-state index contributed by atoms with van der Waals surface area (Å²) in [6.07, 6.45) is -2.60. The smallest absolute Gasteiger partial charge is 0.406 e. The Morgan fingerprint density at radius 3 is 2.19 bits per heavy atom. The van der Waals surface area contributed by atoms with E-state index in [2.05, 4.69) is 4.74 Å². The monoisotopic (exact) mass is 391 g/mol. The van der Waals surface area contributed by atoms with Crippen LogP contribution in [0.4, 0.5) is 13.2 Å². The number of amides is 1. The van der Waals surface area contributed by atoms with Gasteiger partial charge in [-0.3, -0.25) is 4.79 Å². The predicted molar refractivity (Wildman–Crippen MR) is 88.3 cm³/mol. The molecule has 2 saturated heterocycles. The first-order valence-electron chi connectivity index (χ1n) is 8.39. The third-order valence-corrected chi connectivity index (χ3v) is 7.12. The average Bonchev–Trinajstić information content (AvgIpc) is 2.51. The molecule has 0 radical (unpaired) electrons. The molecule has 0 aliphatic carbocycles. The van der Waals surface area contributed by atoms with Crippen LogP contribution in [0.15, 0.2) is 24.3 Å². The van der Waals surface area contributed by atoms with Gasteiger partial charge >= 0.3 is 6.36 Å². The summed E-state index contributed by atoms with van der Waals surface area (Å²) in [5.74, 6) is 0.157. The molecule has 3 rings (SSSR count). The van der Waals surface area contributed by atoms with Crippen LogP contribution in [0.3, 0.4) is 0 Å². The van der Waals surface area contributed by atoms with E-state index < -0.39 is 16.2 Å². The van der Waals surface area contributed by atoms with Crippen LogP contribution in [0, 0.1) is 5.41 Å². The molecule has 2 heterocycles. The minimum atomic E-state index is -4.72. The second kappa shape index (κ2) is 6.75. The van der Waals surface area contributed by atoms with Crippen LogP contribution in [0.5, 0.6) is 5.75 Å². The van der Waals surface area contributed by atoms with Crippen molar-refractivity contribution in [3.63, 3.8) is 0 Å². The number of carbonyl (C=O) groups excluding carboxylic acids is 1. The minimum absolute atomic E-state index is 0.0161. The first kappa shape index (κ1) is 19.0. The van der Waals surface area contributed by atoms with Crippen molar-refractivity contribution in [1.82, 2.24) is 4.90 Å². The number of rotatable bonds is 4. The van der Waals surface area contributed by atoms with Crippen LogP contribution in [0.1, 0.15) is 24.8 Å². The summed E-state index contributed by atoms with van der Waals surface area (Å²) in [7, 11) is -2.87. The maximum Gasteiger partial charge on any atom is 0.573 e. The fourth-order valence-corrected chi connectivity index (χ4v) is 6.04. The van der Waals surface area contributed by atoms with E-state index in [-0.39, 0.29) is 35.0 Å². The normalized spacial score (nSPS) is 21.3. The first-order valence-corrected chi connectivity index (χ1v) is 10.2. The maximum absolute atomic E-state index is 12.3. The molecule has 1 aromatic rings. The number of halogens is 3. The number of ether oxygens (including phenoxy) is 1. The number of benzene rings is 1. The summed E-state index contributed by atoms with van der Waals surface area (Å²) in [4.78, 5) is 14.1. The summed E-state index contributed by atoms with van der Waals surface area (Å²) >= 11 is 0. The number of alkyl halides is 3. The van der Waals surface area contributed by atoms with Gasteiger partial charge in [0.1, 0.15) is 5.75 Å². The molecule has 0 N–H and O–H groups in total. The van der Waals surface area contributed by atoms with Gasteiger partial charge in [-0.25, -0.2) is 8.42 Å². The highest BCUT2D eigenvalue weighted by Gasteiger charge is 2.49. The number of hydrogen-bond acceptors (Lipinski definition) is 4. The van der Waals surface area contributed by atoms with E-state index >= 15 is 0 Å². The number of piperidine rings is 1. The van der Waals surface area contributed by atoms with Gasteiger partial charge in [0.2, 0.25) is 5.91 Å². The van der Waals surface area contributed by atoms with Crippen LogP contribution >= 0.6 is 0 Å². The van der Waals surface area contributed by atoms with E-state index in [1.807, 2.05) is 0 Å². The van der Waals surface area contributed by atoms with Gasteiger partial charge in [0.15, 0.2) is 9.84 Å². The van der Waals surface area contributed by atoms with Gasteiger partial charge in [-0.2, -0.15) is 0 Å². The number of sulfone groups is 1. The first-order chi connectivity index (χ1) is 12.1. The zero-order valence-corrected chi connectivity index (χ0v) is 14.9. The van der Waals surface area contributed by atoms with Crippen molar-refractivity contribution in [2.45, 2.75) is 32.0 Å². The largest absolute Gasteiger partial charge is 0.573 e. The van der Waals surface area contributed by atoms with Crippen LogP contribution < -0.4 is 4.74 Å². The van der Waals surface area contributed by atoms with Crippen molar-refractivity contribution < 1.29 is 31.1 Å². The highest BCUT2D eigenvalue weighted by atomic mass is 32.2. The fraction of sp³-hybridized carbons (Fsp3) is 0.588. The molecule has 1 spiro atoms. The number of aryl methyl sites for hydroxylation is 1. The standard InChI is InChI=1S/C17H20F3NO4S/c18-17(19,20)25-14-4-1-13(2-5-14)3-6-15(22)21-9-7-16(8-10-21)11-26(23,24)12-16/h1-2,4-5H,3,6-12H2. The third-order valence-electron chi connectivity index (χ3n) is 5.01. The SMILES string of the molecule is O=C(CCc1ccc(OC(F)(F)F)cc1)N1CCC2(CC1)CS(=O)(=O)C2. The van der Waals surface area contributed by atoms with E-state index in [9.17, 15) is 26.4 Å². The lowest BCUT2D eigenvalue weighted by molar-refractivity contribution is -0.274. The van der Waals surface area contributed by atoms with Crippen LogP contribution in [0.2, 0.25) is 0 Å². The van der Waals surface area contributed by atoms with Gasteiger partial charge in [0.05, 0.1) is 11.5 Å². The van der Waals surface area contributed by atoms with Crippen molar-refractivity contribution in [2.75, 3.05) is 24.6 Å². The molecule has 2 fully saturated rings. The van der Waals surface area contributed by atoms with E-state index in [4.69, 9.17) is 0 Å². The van der Waals surface area contributed by atoms with Crippen molar-refractivity contribution in [3.8, 4) is 5.75 Å². The summed E-state index contributed by atoms with van der Waals surface area (Å²) in [5.41, 5.74) is 0.621. The summed E-state index contributed by atoms with van der Waals surface area (Å²) in [6.45, 7) is 1.12. The second-order valence-corrected chi connectivity index (χ2v) is 9.17.